The molecular weight excluding hydrogens is 250 g/mol. The van der Waals surface area contributed by atoms with E-state index in [0.717, 1.165) is 35.4 Å². The second kappa shape index (κ2) is 4.67. The normalized spacial score (nSPS) is 11.3. The highest BCUT2D eigenvalue weighted by atomic mass is 15.3. The minimum atomic E-state index is 0.517. The molecule has 0 fully saturated rings. The number of para-hydroxylation sites is 1. The summed E-state index contributed by atoms with van der Waals surface area (Å²) in [5, 5.41) is 4.53. The maximum absolute atomic E-state index is 6.16. The molecule has 1 aromatic carbocycles. The summed E-state index contributed by atoms with van der Waals surface area (Å²) in [4.78, 5) is 4.51. The van der Waals surface area contributed by atoms with E-state index in [1.54, 1.807) is 0 Å². The van der Waals surface area contributed by atoms with Gasteiger partial charge in [0.05, 0.1) is 11.4 Å². The summed E-state index contributed by atoms with van der Waals surface area (Å²) in [6.45, 7) is 4.22. The number of hydrogen-bond acceptors (Lipinski definition) is 3. The molecule has 2 heterocycles. The number of nitrogens with two attached hydrogens (primary N) is 1. The number of nitrogens with zero attached hydrogens (tertiary/aromatic N) is 4. The minimum absolute atomic E-state index is 0.517. The molecule has 2 N–H and O–H groups in total. The molecule has 0 amide bonds. The lowest BCUT2D eigenvalue weighted by atomic mass is 10.1. The fourth-order valence-electron chi connectivity index (χ4n) is 2.70. The van der Waals surface area contributed by atoms with Crippen LogP contribution in [0.1, 0.15) is 25.1 Å². The molecule has 0 unspecified atom stereocenters. The van der Waals surface area contributed by atoms with Crippen LogP contribution in [-0.4, -0.2) is 19.3 Å². The maximum atomic E-state index is 6.16. The van der Waals surface area contributed by atoms with Crippen LogP contribution in [0.2, 0.25) is 0 Å². The molecular formula is C15H19N5. The molecule has 0 atom stereocenters. The Balaban J connectivity index is 2.36. The topological polar surface area (TPSA) is 61.7 Å². The van der Waals surface area contributed by atoms with Gasteiger partial charge >= 0.3 is 0 Å². The monoisotopic (exact) mass is 269 g/mol. The first-order chi connectivity index (χ1) is 9.67. The van der Waals surface area contributed by atoms with E-state index in [1.807, 2.05) is 28.4 Å². The van der Waals surface area contributed by atoms with Crippen molar-refractivity contribution < 1.29 is 0 Å². The lowest BCUT2D eigenvalue weighted by molar-refractivity contribution is 0.750. The number of anilines is 1. The number of fused-ring (bicyclic) bond motifs is 1. The standard InChI is InChI=1S/C15H19N5/c1-4-10-8-6-7-9-12(10)20-14-13(17-15(20)16)11(5-2)18-19(14)3/h6-9H,4-5H2,1-3H3,(H2,16,17). The zero-order valence-electron chi connectivity index (χ0n) is 12.1. The summed E-state index contributed by atoms with van der Waals surface area (Å²) >= 11 is 0. The zero-order valence-corrected chi connectivity index (χ0v) is 12.1. The van der Waals surface area contributed by atoms with Gasteiger partial charge in [-0.1, -0.05) is 32.0 Å². The first-order valence-corrected chi connectivity index (χ1v) is 6.95. The number of aromatic nitrogens is 4. The second-order valence-corrected chi connectivity index (χ2v) is 4.88. The number of imidazole rings is 1. The van der Waals surface area contributed by atoms with Crippen molar-refractivity contribution in [2.24, 2.45) is 7.05 Å². The summed E-state index contributed by atoms with van der Waals surface area (Å²) in [5.41, 5.74) is 11.3. The summed E-state index contributed by atoms with van der Waals surface area (Å²) in [6, 6.07) is 8.27. The van der Waals surface area contributed by atoms with Gasteiger partial charge in [0.15, 0.2) is 5.65 Å². The third kappa shape index (κ3) is 1.70. The molecule has 0 aliphatic rings. The van der Waals surface area contributed by atoms with Gasteiger partial charge in [0.2, 0.25) is 5.95 Å². The van der Waals surface area contributed by atoms with Crippen LogP contribution in [-0.2, 0) is 19.9 Å². The number of nitrogen functional groups attached to an aromatic ring is 1. The van der Waals surface area contributed by atoms with Gasteiger partial charge in [0, 0.05) is 7.05 Å². The SMILES string of the molecule is CCc1ccccc1-n1c(N)nc2c(CC)nn(C)c21. The number of hydrogen-bond donors (Lipinski definition) is 1. The molecule has 0 aliphatic heterocycles. The molecule has 3 rings (SSSR count). The van der Waals surface area contributed by atoms with Crippen molar-refractivity contribution in [3.63, 3.8) is 0 Å². The Bertz CT molecular complexity index is 766. The molecule has 3 aromatic rings. The Morgan fingerprint density at radius 3 is 2.60 bits per heavy atom. The number of aryl methyl sites for hydroxylation is 3. The van der Waals surface area contributed by atoms with Crippen molar-refractivity contribution >= 4 is 17.1 Å². The van der Waals surface area contributed by atoms with Gasteiger partial charge in [-0.15, -0.1) is 0 Å². The van der Waals surface area contributed by atoms with Gasteiger partial charge < -0.3 is 5.73 Å². The third-order valence-corrected chi connectivity index (χ3v) is 3.68. The highest BCUT2D eigenvalue weighted by Gasteiger charge is 2.19. The molecule has 2 aromatic heterocycles. The van der Waals surface area contributed by atoms with Gasteiger partial charge in [-0.2, -0.15) is 5.10 Å². The molecule has 0 aliphatic carbocycles. The second-order valence-electron chi connectivity index (χ2n) is 4.88. The fourth-order valence-corrected chi connectivity index (χ4v) is 2.70. The van der Waals surface area contributed by atoms with E-state index in [-0.39, 0.29) is 0 Å². The van der Waals surface area contributed by atoms with E-state index in [0.29, 0.717) is 5.95 Å². The van der Waals surface area contributed by atoms with Crippen molar-refractivity contribution in [3.05, 3.63) is 35.5 Å². The van der Waals surface area contributed by atoms with Crippen molar-refractivity contribution in [2.75, 3.05) is 5.73 Å². The number of benzene rings is 1. The molecule has 0 saturated carbocycles. The van der Waals surface area contributed by atoms with Gasteiger partial charge in [0.1, 0.15) is 5.52 Å². The summed E-state index contributed by atoms with van der Waals surface area (Å²) in [6.07, 6.45) is 1.80. The minimum Gasteiger partial charge on any atom is -0.369 e. The third-order valence-electron chi connectivity index (χ3n) is 3.68. The van der Waals surface area contributed by atoms with E-state index in [2.05, 4.69) is 36.1 Å². The first-order valence-electron chi connectivity index (χ1n) is 6.95. The Labute approximate surface area is 118 Å². The quantitative estimate of drug-likeness (QED) is 0.794. The van der Waals surface area contributed by atoms with Crippen LogP contribution in [0.15, 0.2) is 24.3 Å². The predicted molar refractivity (Wildman–Crippen MR) is 81.0 cm³/mol. The lowest BCUT2D eigenvalue weighted by Crippen LogP contribution is -2.07. The molecule has 0 bridgehead atoms. The largest absolute Gasteiger partial charge is 0.369 e. The zero-order chi connectivity index (χ0) is 14.3. The van der Waals surface area contributed by atoms with E-state index in [4.69, 9.17) is 5.73 Å². The highest BCUT2D eigenvalue weighted by molar-refractivity contribution is 5.80. The van der Waals surface area contributed by atoms with Crippen LogP contribution in [0.5, 0.6) is 0 Å². The molecule has 20 heavy (non-hydrogen) atoms. The van der Waals surface area contributed by atoms with Gasteiger partial charge in [-0.25, -0.2) is 9.67 Å². The van der Waals surface area contributed by atoms with Crippen molar-refractivity contribution in [1.29, 1.82) is 0 Å². The smallest absolute Gasteiger partial charge is 0.207 e. The first kappa shape index (κ1) is 12.7. The van der Waals surface area contributed by atoms with Crippen molar-refractivity contribution in [1.82, 2.24) is 19.3 Å². The lowest BCUT2D eigenvalue weighted by Gasteiger charge is -2.11. The average Bonchev–Trinajstić information content (AvgIpc) is 2.95. The van der Waals surface area contributed by atoms with Gasteiger partial charge in [0.25, 0.3) is 0 Å². The predicted octanol–water partition coefficient (Wildman–Crippen LogP) is 2.47. The Morgan fingerprint density at radius 2 is 1.90 bits per heavy atom. The van der Waals surface area contributed by atoms with Crippen LogP contribution < -0.4 is 5.73 Å². The molecule has 0 radical (unpaired) electrons. The van der Waals surface area contributed by atoms with Gasteiger partial charge in [-0.3, -0.25) is 4.57 Å². The summed E-state index contributed by atoms with van der Waals surface area (Å²) in [7, 11) is 1.94. The molecule has 104 valence electrons. The molecule has 5 nitrogen and oxygen atoms in total. The van der Waals surface area contributed by atoms with Crippen LogP contribution in [0.4, 0.5) is 5.95 Å². The molecule has 0 spiro atoms. The van der Waals surface area contributed by atoms with Crippen molar-refractivity contribution in [3.8, 4) is 5.69 Å². The van der Waals surface area contributed by atoms with Gasteiger partial charge in [-0.05, 0) is 24.5 Å². The Morgan fingerprint density at radius 1 is 1.15 bits per heavy atom. The van der Waals surface area contributed by atoms with Crippen LogP contribution >= 0.6 is 0 Å². The molecule has 5 heteroatoms. The average molecular weight is 269 g/mol. The summed E-state index contributed by atoms with van der Waals surface area (Å²) < 4.78 is 3.87. The van der Waals surface area contributed by atoms with E-state index < -0.39 is 0 Å². The van der Waals surface area contributed by atoms with Crippen molar-refractivity contribution in [2.45, 2.75) is 26.7 Å². The van der Waals surface area contributed by atoms with Crippen LogP contribution in [0, 0.1) is 0 Å². The summed E-state index contributed by atoms with van der Waals surface area (Å²) in [5.74, 6) is 0.517. The van der Waals surface area contributed by atoms with Crippen LogP contribution in [0.25, 0.3) is 16.9 Å². The highest BCUT2D eigenvalue weighted by Crippen LogP contribution is 2.27. The van der Waals surface area contributed by atoms with E-state index in [9.17, 15) is 0 Å². The Hall–Kier alpha value is -2.30. The van der Waals surface area contributed by atoms with E-state index >= 15 is 0 Å². The molecule has 0 saturated heterocycles. The van der Waals surface area contributed by atoms with E-state index in [1.165, 1.54) is 5.56 Å². The van der Waals surface area contributed by atoms with Crippen LogP contribution in [0.3, 0.4) is 0 Å². The fraction of sp³-hybridized carbons (Fsp3) is 0.333. The Kier molecular flexibility index (Phi) is 2.97. The number of rotatable bonds is 3. The maximum Gasteiger partial charge on any atom is 0.207 e.